The normalized spacial score (nSPS) is 10.1. The van der Waals surface area contributed by atoms with Crippen molar-refractivity contribution in [3.05, 3.63) is 64.7 Å². The van der Waals surface area contributed by atoms with Gasteiger partial charge in [0.1, 0.15) is 6.61 Å². The van der Waals surface area contributed by atoms with Crippen molar-refractivity contribution in [1.29, 1.82) is 0 Å². The maximum Gasteiger partial charge on any atom is 0.339 e. The maximum absolute atomic E-state index is 11.8. The minimum absolute atomic E-state index is 0.223. The first kappa shape index (κ1) is 12.5. The van der Waals surface area contributed by atoms with Crippen molar-refractivity contribution in [1.82, 2.24) is 0 Å². The Kier molecular flexibility index (Phi) is 3.85. The van der Waals surface area contributed by atoms with Crippen LogP contribution in [0, 0.1) is 0 Å². The second-order valence-electron chi connectivity index (χ2n) is 3.80. The van der Waals surface area contributed by atoms with E-state index in [0.29, 0.717) is 16.3 Å². The van der Waals surface area contributed by atoms with Gasteiger partial charge in [0.05, 0.1) is 10.6 Å². The zero-order valence-electron chi connectivity index (χ0n) is 9.60. The molecule has 0 atom stereocenters. The number of rotatable bonds is 3. The Bertz CT molecular complexity index is 555. The molecule has 0 saturated heterocycles. The van der Waals surface area contributed by atoms with Crippen LogP contribution in [0.5, 0.6) is 0 Å². The summed E-state index contributed by atoms with van der Waals surface area (Å²) < 4.78 is 5.17. The average molecular weight is 262 g/mol. The van der Waals surface area contributed by atoms with E-state index in [2.05, 4.69) is 0 Å². The van der Waals surface area contributed by atoms with Crippen molar-refractivity contribution >= 4 is 23.3 Å². The highest BCUT2D eigenvalue weighted by molar-refractivity contribution is 6.33. The Hall–Kier alpha value is -2.00. The van der Waals surface area contributed by atoms with Gasteiger partial charge in [-0.3, -0.25) is 0 Å². The Morgan fingerprint density at radius 3 is 2.56 bits per heavy atom. The molecule has 0 bridgehead atoms. The van der Waals surface area contributed by atoms with Gasteiger partial charge < -0.3 is 10.5 Å². The lowest BCUT2D eigenvalue weighted by Gasteiger charge is -2.06. The second kappa shape index (κ2) is 5.56. The van der Waals surface area contributed by atoms with Crippen molar-refractivity contribution in [3.8, 4) is 0 Å². The van der Waals surface area contributed by atoms with Gasteiger partial charge >= 0.3 is 5.97 Å². The summed E-state index contributed by atoms with van der Waals surface area (Å²) in [6.45, 7) is 0.223. The molecular weight excluding hydrogens is 250 g/mol. The predicted octanol–water partition coefficient (Wildman–Crippen LogP) is 3.28. The summed E-state index contributed by atoms with van der Waals surface area (Å²) in [7, 11) is 0. The smallest absolute Gasteiger partial charge is 0.339 e. The molecule has 0 aliphatic rings. The molecule has 18 heavy (non-hydrogen) atoms. The fraction of sp³-hybridized carbons (Fsp3) is 0.0714. The molecule has 0 amide bonds. The summed E-state index contributed by atoms with van der Waals surface area (Å²) in [5.41, 5.74) is 7.32. The fourth-order valence-electron chi connectivity index (χ4n) is 1.50. The SMILES string of the molecule is Nc1ccc(C(=O)OCc2ccccc2)c(Cl)c1. The molecule has 4 heteroatoms. The number of hydrogen-bond donors (Lipinski definition) is 1. The zero-order valence-corrected chi connectivity index (χ0v) is 10.4. The molecule has 0 aromatic heterocycles. The molecule has 2 aromatic rings. The molecule has 2 aromatic carbocycles. The lowest BCUT2D eigenvalue weighted by Crippen LogP contribution is -2.06. The maximum atomic E-state index is 11.8. The summed E-state index contributed by atoms with van der Waals surface area (Å²) in [4.78, 5) is 11.8. The second-order valence-corrected chi connectivity index (χ2v) is 4.21. The number of carbonyl (C=O) groups excluding carboxylic acids is 1. The highest BCUT2D eigenvalue weighted by atomic mass is 35.5. The van der Waals surface area contributed by atoms with Gasteiger partial charge in [-0.1, -0.05) is 41.9 Å². The molecule has 0 spiro atoms. The summed E-state index contributed by atoms with van der Waals surface area (Å²) in [6, 6.07) is 14.2. The monoisotopic (exact) mass is 261 g/mol. The van der Waals surface area contributed by atoms with Crippen LogP contribution in [0.25, 0.3) is 0 Å². The van der Waals surface area contributed by atoms with Crippen LogP contribution in [0.2, 0.25) is 5.02 Å². The number of carbonyl (C=O) groups is 1. The molecule has 0 aliphatic carbocycles. The van der Waals surface area contributed by atoms with Crippen molar-refractivity contribution in [3.63, 3.8) is 0 Å². The van der Waals surface area contributed by atoms with Crippen molar-refractivity contribution in [2.75, 3.05) is 5.73 Å². The molecule has 0 unspecified atom stereocenters. The Balaban J connectivity index is 2.04. The summed E-state index contributed by atoms with van der Waals surface area (Å²) in [5.74, 6) is -0.455. The molecule has 0 radical (unpaired) electrons. The number of anilines is 1. The van der Waals surface area contributed by atoms with Crippen molar-refractivity contribution in [2.45, 2.75) is 6.61 Å². The minimum Gasteiger partial charge on any atom is -0.457 e. The van der Waals surface area contributed by atoms with E-state index >= 15 is 0 Å². The number of halogens is 1. The standard InChI is InChI=1S/C14H12ClNO2/c15-13-8-11(16)6-7-12(13)14(17)18-9-10-4-2-1-3-5-10/h1-8H,9,16H2. The molecule has 0 fully saturated rings. The first-order valence-corrected chi connectivity index (χ1v) is 5.80. The van der Waals surface area contributed by atoms with Gasteiger partial charge in [0, 0.05) is 5.69 Å². The number of nitrogens with two attached hydrogens (primary N) is 1. The first-order chi connectivity index (χ1) is 8.66. The first-order valence-electron chi connectivity index (χ1n) is 5.43. The van der Waals surface area contributed by atoms with Crippen molar-refractivity contribution in [2.24, 2.45) is 0 Å². The van der Waals surface area contributed by atoms with E-state index in [4.69, 9.17) is 22.1 Å². The molecule has 3 nitrogen and oxygen atoms in total. The Labute approximate surface area is 110 Å². The van der Waals surface area contributed by atoms with E-state index in [1.54, 1.807) is 12.1 Å². The van der Waals surface area contributed by atoms with E-state index in [1.165, 1.54) is 6.07 Å². The van der Waals surface area contributed by atoms with Gasteiger partial charge in [0.25, 0.3) is 0 Å². The van der Waals surface area contributed by atoms with Crippen LogP contribution in [0.4, 0.5) is 5.69 Å². The number of nitrogen functional groups attached to an aromatic ring is 1. The highest BCUT2D eigenvalue weighted by Crippen LogP contribution is 2.20. The highest BCUT2D eigenvalue weighted by Gasteiger charge is 2.11. The van der Waals surface area contributed by atoms with Gasteiger partial charge in [0.2, 0.25) is 0 Å². The Morgan fingerprint density at radius 1 is 1.17 bits per heavy atom. The van der Waals surface area contributed by atoms with E-state index in [-0.39, 0.29) is 6.61 Å². The lowest BCUT2D eigenvalue weighted by atomic mass is 10.2. The van der Waals surface area contributed by atoms with Crippen LogP contribution >= 0.6 is 11.6 Å². The number of hydrogen-bond acceptors (Lipinski definition) is 3. The molecule has 2 rings (SSSR count). The topological polar surface area (TPSA) is 52.3 Å². The Morgan fingerprint density at radius 2 is 1.89 bits per heavy atom. The van der Waals surface area contributed by atoms with E-state index in [9.17, 15) is 4.79 Å². The molecule has 0 saturated carbocycles. The van der Waals surface area contributed by atoms with Crippen LogP contribution in [-0.4, -0.2) is 5.97 Å². The van der Waals surface area contributed by atoms with Crippen molar-refractivity contribution < 1.29 is 9.53 Å². The quantitative estimate of drug-likeness (QED) is 0.681. The third-order valence-electron chi connectivity index (χ3n) is 2.43. The molecule has 2 N–H and O–H groups in total. The van der Waals surface area contributed by atoms with Gasteiger partial charge in [-0.2, -0.15) is 0 Å². The van der Waals surface area contributed by atoms with Gasteiger partial charge in [-0.25, -0.2) is 4.79 Å². The lowest BCUT2D eigenvalue weighted by molar-refractivity contribution is 0.0473. The van der Waals surface area contributed by atoms with Crippen LogP contribution in [0.3, 0.4) is 0 Å². The summed E-state index contributed by atoms with van der Waals surface area (Å²) in [5, 5.41) is 0.299. The fourth-order valence-corrected chi connectivity index (χ4v) is 1.76. The summed E-state index contributed by atoms with van der Waals surface area (Å²) >= 11 is 5.93. The number of esters is 1. The van der Waals surface area contributed by atoms with Crippen LogP contribution in [0.15, 0.2) is 48.5 Å². The molecule has 0 heterocycles. The number of benzene rings is 2. The van der Waals surface area contributed by atoms with Crippen LogP contribution in [-0.2, 0) is 11.3 Å². The largest absolute Gasteiger partial charge is 0.457 e. The predicted molar refractivity (Wildman–Crippen MR) is 71.4 cm³/mol. The van der Waals surface area contributed by atoms with E-state index < -0.39 is 5.97 Å². The zero-order chi connectivity index (χ0) is 13.0. The molecule has 92 valence electrons. The van der Waals surface area contributed by atoms with E-state index in [1.807, 2.05) is 30.3 Å². The molecular formula is C14H12ClNO2. The number of ether oxygens (including phenoxy) is 1. The third kappa shape index (κ3) is 3.02. The molecule has 0 aliphatic heterocycles. The van der Waals surface area contributed by atoms with Crippen LogP contribution in [0.1, 0.15) is 15.9 Å². The van der Waals surface area contributed by atoms with E-state index in [0.717, 1.165) is 5.56 Å². The minimum atomic E-state index is -0.455. The van der Waals surface area contributed by atoms with Gasteiger partial charge in [-0.15, -0.1) is 0 Å². The third-order valence-corrected chi connectivity index (χ3v) is 2.74. The van der Waals surface area contributed by atoms with Gasteiger partial charge in [-0.05, 0) is 23.8 Å². The van der Waals surface area contributed by atoms with Gasteiger partial charge in [0.15, 0.2) is 0 Å². The average Bonchev–Trinajstić information content (AvgIpc) is 2.37. The summed E-state index contributed by atoms with van der Waals surface area (Å²) in [6.07, 6.45) is 0. The van der Waals surface area contributed by atoms with Crippen LogP contribution < -0.4 is 5.73 Å².